The Morgan fingerprint density at radius 2 is 0.849 bits per heavy atom. The van der Waals surface area contributed by atoms with Crippen LogP contribution in [0.1, 0.15) is 0 Å². The topological polar surface area (TPSA) is 38.7 Å². The van der Waals surface area contributed by atoms with Crippen molar-refractivity contribution >= 4 is 43.1 Å². The van der Waals surface area contributed by atoms with Crippen LogP contribution in [0.3, 0.4) is 0 Å². The van der Waals surface area contributed by atoms with Gasteiger partial charge in [-0.15, -0.1) is 11.3 Å². The first-order valence-electron chi connectivity index (χ1n) is 17.8. The normalized spacial score (nSPS) is 11.4. The SMILES string of the molecule is c1ccc(-c2cc(-c3ccccc3)nc(-c3cccc(-c4cccc(-c5ccc6c(ccc7ccc8sc(-c9ccccc9)nc8c76)c5)c4)c3)n2)cc1. The minimum Gasteiger partial charge on any atom is -0.235 e. The molecule has 10 aromatic rings. The van der Waals surface area contributed by atoms with Crippen LogP contribution in [0.2, 0.25) is 0 Å². The molecule has 2 heterocycles. The molecule has 0 radical (unpaired) electrons. The Bertz CT molecular complexity index is 2880. The second kappa shape index (κ2) is 13.1. The Balaban J connectivity index is 1.03. The average Bonchev–Trinajstić information content (AvgIpc) is 3.69. The van der Waals surface area contributed by atoms with E-state index in [1.807, 2.05) is 42.5 Å². The number of nitrogens with zero attached hydrogens (tertiary/aromatic N) is 3. The lowest BCUT2D eigenvalue weighted by molar-refractivity contribution is 1.18. The monoisotopic (exact) mass is 693 g/mol. The van der Waals surface area contributed by atoms with Gasteiger partial charge in [-0.2, -0.15) is 0 Å². The molecule has 0 fully saturated rings. The van der Waals surface area contributed by atoms with Crippen LogP contribution in [-0.2, 0) is 0 Å². The van der Waals surface area contributed by atoms with Crippen molar-refractivity contribution in [3.8, 4) is 66.7 Å². The minimum atomic E-state index is 0.704. The number of hydrogen-bond donors (Lipinski definition) is 0. The maximum absolute atomic E-state index is 5.17. The molecule has 0 saturated heterocycles. The van der Waals surface area contributed by atoms with Crippen LogP contribution >= 0.6 is 11.3 Å². The van der Waals surface area contributed by atoms with Crippen LogP contribution in [0.4, 0.5) is 0 Å². The first-order valence-corrected chi connectivity index (χ1v) is 18.6. The van der Waals surface area contributed by atoms with Gasteiger partial charge in [-0.25, -0.2) is 15.0 Å². The van der Waals surface area contributed by atoms with Crippen LogP contribution in [0, 0.1) is 0 Å². The highest BCUT2D eigenvalue weighted by atomic mass is 32.1. The Kier molecular flexibility index (Phi) is 7.67. The van der Waals surface area contributed by atoms with Gasteiger partial charge in [0.2, 0.25) is 0 Å². The van der Waals surface area contributed by atoms with E-state index in [2.05, 4.69) is 146 Å². The smallest absolute Gasteiger partial charge is 0.160 e. The Morgan fingerprint density at radius 3 is 1.49 bits per heavy atom. The van der Waals surface area contributed by atoms with Crippen LogP contribution in [0.5, 0.6) is 0 Å². The summed E-state index contributed by atoms with van der Waals surface area (Å²) in [6, 6.07) is 66.2. The maximum atomic E-state index is 5.17. The summed E-state index contributed by atoms with van der Waals surface area (Å²) in [7, 11) is 0. The molecule has 0 amide bonds. The molecule has 53 heavy (non-hydrogen) atoms. The highest BCUT2D eigenvalue weighted by Gasteiger charge is 2.14. The van der Waals surface area contributed by atoms with E-state index < -0.39 is 0 Å². The lowest BCUT2D eigenvalue weighted by atomic mass is 9.94. The fourth-order valence-electron chi connectivity index (χ4n) is 7.23. The Labute approximate surface area is 311 Å². The molecule has 0 saturated carbocycles. The number of rotatable bonds is 6. The third kappa shape index (κ3) is 5.85. The molecule has 0 unspecified atom stereocenters. The summed E-state index contributed by atoms with van der Waals surface area (Å²) in [4.78, 5) is 15.3. The van der Waals surface area contributed by atoms with Gasteiger partial charge in [-0.3, -0.25) is 0 Å². The second-order valence-corrected chi connectivity index (χ2v) is 14.3. The van der Waals surface area contributed by atoms with Crippen molar-refractivity contribution in [3.63, 3.8) is 0 Å². The predicted molar refractivity (Wildman–Crippen MR) is 223 cm³/mol. The van der Waals surface area contributed by atoms with E-state index in [0.717, 1.165) is 55.3 Å². The highest BCUT2D eigenvalue weighted by Crippen LogP contribution is 2.39. The van der Waals surface area contributed by atoms with Gasteiger partial charge < -0.3 is 0 Å². The second-order valence-electron chi connectivity index (χ2n) is 13.3. The van der Waals surface area contributed by atoms with Gasteiger partial charge in [0, 0.05) is 27.6 Å². The molecule has 8 aromatic carbocycles. The number of hydrogen-bond acceptors (Lipinski definition) is 4. The van der Waals surface area contributed by atoms with Crippen molar-refractivity contribution in [2.24, 2.45) is 0 Å². The van der Waals surface area contributed by atoms with Gasteiger partial charge in [0.05, 0.1) is 21.6 Å². The highest BCUT2D eigenvalue weighted by molar-refractivity contribution is 7.21. The average molecular weight is 694 g/mol. The summed E-state index contributed by atoms with van der Waals surface area (Å²) in [6.07, 6.45) is 0. The Hall–Kier alpha value is -6.75. The third-order valence-corrected chi connectivity index (χ3v) is 11.0. The van der Waals surface area contributed by atoms with Crippen molar-refractivity contribution in [1.82, 2.24) is 15.0 Å². The summed E-state index contributed by atoms with van der Waals surface area (Å²) in [5.41, 5.74) is 11.7. The van der Waals surface area contributed by atoms with Gasteiger partial charge in [-0.1, -0.05) is 158 Å². The fraction of sp³-hybridized carbons (Fsp3) is 0. The quantitative estimate of drug-likeness (QED) is 0.163. The summed E-state index contributed by atoms with van der Waals surface area (Å²) in [5.74, 6) is 0.704. The van der Waals surface area contributed by atoms with E-state index >= 15 is 0 Å². The van der Waals surface area contributed by atoms with E-state index in [1.54, 1.807) is 11.3 Å². The minimum absolute atomic E-state index is 0.704. The maximum Gasteiger partial charge on any atom is 0.160 e. The molecule has 3 nitrogen and oxygen atoms in total. The van der Waals surface area contributed by atoms with Gasteiger partial charge in [-0.05, 0) is 68.7 Å². The molecule has 10 rings (SSSR count). The van der Waals surface area contributed by atoms with E-state index in [1.165, 1.54) is 37.4 Å². The van der Waals surface area contributed by atoms with Gasteiger partial charge in [0.1, 0.15) is 5.01 Å². The van der Waals surface area contributed by atoms with E-state index in [4.69, 9.17) is 15.0 Å². The number of aromatic nitrogens is 3. The van der Waals surface area contributed by atoms with Crippen LogP contribution in [0.25, 0.3) is 98.5 Å². The molecule has 0 atom stereocenters. The van der Waals surface area contributed by atoms with Crippen molar-refractivity contribution in [3.05, 3.63) is 188 Å². The molecule has 2 aromatic heterocycles. The molecule has 0 spiro atoms. The molecule has 0 aliphatic heterocycles. The third-order valence-electron chi connectivity index (χ3n) is 9.89. The van der Waals surface area contributed by atoms with E-state index in [0.29, 0.717) is 5.82 Å². The first kappa shape index (κ1) is 31.0. The largest absolute Gasteiger partial charge is 0.235 e. The molecule has 248 valence electrons. The summed E-state index contributed by atoms with van der Waals surface area (Å²) in [6.45, 7) is 0. The molecule has 0 bridgehead atoms. The fourth-order valence-corrected chi connectivity index (χ4v) is 8.21. The molecular weight excluding hydrogens is 663 g/mol. The molecular formula is C49H31N3S. The lowest BCUT2D eigenvalue weighted by Crippen LogP contribution is -1.96. The van der Waals surface area contributed by atoms with Crippen LogP contribution in [0.15, 0.2) is 188 Å². The van der Waals surface area contributed by atoms with Gasteiger partial charge >= 0.3 is 0 Å². The predicted octanol–water partition coefficient (Wildman–Crippen LogP) is 13.4. The van der Waals surface area contributed by atoms with Crippen molar-refractivity contribution < 1.29 is 0 Å². The molecule has 0 aliphatic carbocycles. The Morgan fingerprint density at radius 1 is 0.340 bits per heavy atom. The van der Waals surface area contributed by atoms with Crippen molar-refractivity contribution in [1.29, 1.82) is 0 Å². The number of benzene rings is 8. The molecule has 0 N–H and O–H groups in total. The zero-order valence-corrected chi connectivity index (χ0v) is 29.5. The zero-order chi connectivity index (χ0) is 35.1. The van der Waals surface area contributed by atoms with Crippen molar-refractivity contribution in [2.75, 3.05) is 0 Å². The van der Waals surface area contributed by atoms with Gasteiger partial charge in [0.25, 0.3) is 0 Å². The standard InChI is InChI=1S/C49H31N3S/c1-4-12-32(13-5-1)43-31-44(33-14-6-2-7-15-33)51-48(50-43)41-21-11-20-38(30-41)36-18-10-19-37(28-36)39-24-26-42-40(29-39)23-22-34-25-27-45-47(46(34)42)52-49(53-45)35-16-8-3-9-17-35/h1-31H. The lowest BCUT2D eigenvalue weighted by Gasteiger charge is -2.11. The van der Waals surface area contributed by atoms with Crippen LogP contribution in [-0.4, -0.2) is 15.0 Å². The molecule has 4 heteroatoms. The zero-order valence-electron chi connectivity index (χ0n) is 28.6. The first-order chi connectivity index (χ1) is 26.2. The van der Waals surface area contributed by atoms with Gasteiger partial charge in [0.15, 0.2) is 5.82 Å². The number of fused-ring (bicyclic) bond motifs is 5. The number of thiazole rings is 1. The van der Waals surface area contributed by atoms with Crippen LogP contribution < -0.4 is 0 Å². The summed E-state index contributed by atoms with van der Waals surface area (Å²) in [5, 5.41) is 5.89. The van der Waals surface area contributed by atoms with Crippen molar-refractivity contribution in [2.45, 2.75) is 0 Å². The van der Waals surface area contributed by atoms with E-state index in [9.17, 15) is 0 Å². The van der Waals surface area contributed by atoms with E-state index in [-0.39, 0.29) is 0 Å². The molecule has 0 aliphatic rings. The summed E-state index contributed by atoms with van der Waals surface area (Å²) < 4.78 is 1.20. The summed E-state index contributed by atoms with van der Waals surface area (Å²) >= 11 is 1.75.